The van der Waals surface area contributed by atoms with Gasteiger partial charge in [-0.2, -0.15) is 0 Å². The van der Waals surface area contributed by atoms with Crippen LogP contribution >= 0.6 is 23.8 Å². The van der Waals surface area contributed by atoms with Crippen molar-refractivity contribution >= 4 is 23.8 Å². The molecule has 0 fully saturated rings. The van der Waals surface area contributed by atoms with Gasteiger partial charge in [-0.25, -0.2) is 0 Å². The summed E-state index contributed by atoms with van der Waals surface area (Å²) in [5, 5.41) is 2.18. The second kappa shape index (κ2) is 11.1. The van der Waals surface area contributed by atoms with Gasteiger partial charge in [0, 0.05) is 5.92 Å². The Kier molecular flexibility index (Phi) is 10.7. The van der Waals surface area contributed by atoms with Crippen LogP contribution in [0.1, 0.15) is 125 Å². The van der Waals surface area contributed by atoms with Gasteiger partial charge in [-0.05, 0) is 55.0 Å². The highest BCUT2D eigenvalue weighted by Crippen LogP contribution is 2.66. The quantitative estimate of drug-likeness (QED) is 0.294. The largest absolute Gasteiger partial charge is 0.0947 e. The van der Waals surface area contributed by atoms with E-state index in [1.165, 1.54) is 18.5 Å². The molecule has 0 spiro atoms. The third kappa shape index (κ3) is 9.79. The van der Waals surface area contributed by atoms with Gasteiger partial charge in [0.15, 0.2) is 0 Å². The van der Waals surface area contributed by atoms with Crippen molar-refractivity contribution in [2.24, 2.45) is 5.92 Å². The predicted molar refractivity (Wildman–Crippen MR) is 174 cm³/mol. The third-order valence-corrected chi connectivity index (χ3v) is 19.1. The first-order valence-corrected chi connectivity index (χ1v) is 18.5. The van der Waals surface area contributed by atoms with Gasteiger partial charge in [0.25, 0.3) is 0 Å². The van der Waals surface area contributed by atoms with E-state index in [4.69, 9.17) is 0 Å². The minimum absolute atomic E-state index is 0.119. The molecule has 0 radical (unpaired) electrons. The van der Waals surface area contributed by atoms with Gasteiger partial charge in [0.2, 0.25) is 0 Å². The van der Waals surface area contributed by atoms with Crippen molar-refractivity contribution < 1.29 is 0 Å². The molecule has 0 N–H and O–H groups in total. The van der Waals surface area contributed by atoms with Crippen LogP contribution in [0, 0.1) is 5.92 Å². The zero-order valence-electron chi connectivity index (χ0n) is 27.2. The molecule has 0 aromatic carbocycles. The second-order valence-electron chi connectivity index (χ2n) is 16.8. The molecule has 1 unspecified atom stereocenters. The second-order valence-corrected chi connectivity index (χ2v) is 28.4. The number of hydrogen-bond acceptors (Lipinski definition) is 0. The highest BCUT2D eigenvalue weighted by Gasteiger charge is 2.42. The van der Waals surface area contributed by atoms with Crippen LogP contribution in [0.15, 0.2) is 23.3 Å². The van der Waals surface area contributed by atoms with Crippen LogP contribution in [-0.2, 0) is 0 Å². The Hall–Kier alpha value is 0.770. The fraction of sp³-hybridized carbons (Fsp3) is 0.875. The highest BCUT2D eigenvalue weighted by molar-refractivity contribution is 7.62. The monoisotopic (exact) mass is 540 g/mol. The number of hydrogen-bond donors (Lipinski definition) is 0. The minimum atomic E-state index is -0.153. The van der Waals surface area contributed by atoms with E-state index in [1.54, 1.807) is 5.57 Å². The van der Waals surface area contributed by atoms with E-state index in [2.05, 4.69) is 137 Å². The van der Waals surface area contributed by atoms with Gasteiger partial charge in [0.05, 0.1) is 0 Å². The van der Waals surface area contributed by atoms with E-state index >= 15 is 0 Å². The lowest BCUT2D eigenvalue weighted by atomic mass is 10.0. The first kappa shape index (κ1) is 33.8. The molecule has 0 bridgehead atoms. The van der Waals surface area contributed by atoms with E-state index in [-0.39, 0.29) is 23.8 Å². The fourth-order valence-electron chi connectivity index (χ4n) is 6.29. The van der Waals surface area contributed by atoms with Gasteiger partial charge < -0.3 is 0 Å². The van der Waals surface area contributed by atoms with E-state index in [0.29, 0.717) is 36.9 Å². The topological polar surface area (TPSA) is 0 Å². The smallest absolute Gasteiger partial charge is 0.00291 e. The maximum absolute atomic E-state index is 2.63. The highest BCUT2D eigenvalue weighted by atomic mass is 31.1. The Morgan fingerprint density at radius 2 is 0.800 bits per heavy atom. The number of allylic oxidation sites excluding steroid dienone is 4. The van der Waals surface area contributed by atoms with Gasteiger partial charge in [-0.15, -0.1) is 0 Å². The maximum atomic E-state index is 2.63. The molecule has 0 nitrogen and oxygen atoms in total. The number of rotatable bonds is 6. The van der Waals surface area contributed by atoms with E-state index < -0.39 is 0 Å². The molecule has 1 aliphatic carbocycles. The summed E-state index contributed by atoms with van der Waals surface area (Å²) in [7, 11) is -0.415. The summed E-state index contributed by atoms with van der Waals surface area (Å²) in [6.45, 7) is 44.8. The average Bonchev–Trinajstić information content (AvgIpc) is 2.90. The zero-order chi connectivity index (χ0) is 28.0. The summed E-state index contributed by atoms with van der Waals surface area (Å²) in [6, 6.07) is 0. The van der Waals surface area contributed by atoms with Crippen LogP contribution in [0.5, 0.6) is 0 Å². The molecule has 0 saturated carbocycles. The van der Waals surface area contributed by atoms with E-state index in [1.807, 2.05) is 5.57 Å². The first-order valence-electron chi connectivity index (χ1n) is 13.9. The van der Waals surface area contributed by atoms with Crippen molar-refractivity contribution in [2.75, 3.05) is 18.5 Å². The summed E-state index contributed by atoms with van der Waals surface area (Å²) in [5.41, 5.74) is 3.53. The Bertz CT molecular complexity index is 717. The molecule has 0 aliphatic heterocycles. The Labute approximate surface area is 226 Å². The van der Waals surface area contributed by atoms with Gasteiger partial charge in [-0.1, -0.05) is 166 Å². The average molecular weight is 541 g/mol. The fourth-order valence-corrected chi connectivity index (χ4v) is 17.5. The maximum Gasteiger partial charge on any atom is 0.00291 e. The van der Waals surface area contributed by atoms with Gasteiger partial charge in [0.1, 0.15) is 0 Å². The summed E-state index contributed by atoms with van der Waals surface area (Å²) in [4.78, 5) is 0. The molecule has 1 atom stereocenters. The summed E-state index contributed by atoms with van der Waals surface area (Å²) < 4.78 is 0. The Balaban J connectivity index is 3.63. The lowest BCUT2D eigenvalue weighted by Crippen LogP contribution is -2.31. The molecule has 1 aliphatic rings. The summed E-state index contributed by atoms with van der Waals surface area (Å²) >= 11 is 0. The standard InChI is InChI=1S/C32H63P3/c1-27(2,3)33(28(4,5)6)21-24-19-20-25(22-34(29(7,8)9)30(10,11)12)26(24)23-35(31(13,14)15)32(16,17)18/h19-20,24H,21-23H2,1-18H3. The lowest BCUT2D eigenvalue weighted by molar-refractivity contribution is 0.687. The van der Waals surface area contributed by atoms with E-state index in [0.717, 1.165) is 0 Å². The molecule has 35 heavy (non-hydrogen) atoms. The summed E-state index contributed by atoms with van der Waals surface area (Å²) in [5.74, 6) is 0.626. The molecule has 0 heterocycles. The van der Waals surface area contributed by atoms with Crippen LogP contribution < -0.4 is 0 Å². The minimum Gasteiger partial charge on any atom is -0.0947 e. The SMILES string of the molecule is CC(C)(C)P(CC1=C(CP(C(C)(C)C)C(C)(C)C)C(CP(C(C)(C)C)C(C)(C)C)C=C1)C(C)(C)C. The first-order chi connectivity index (χ1) is 15.2. The van der Waals surface area contributed by atoms with Crippen molar-refractivity contribution in [1.29, 1.82) is 0 Å². The van der Waals surface area contributed by atoms with Crippen molar-refractivity contribution in [3.05, 3.63) is 23.3 Å². The van der Waals surface area contributed by atoms with Gasteiger partial charge in [-0.3, -0.25) is 0 Å². The molecule has 0 aromatic rings. The lowest BCUT2D eigenvalue weighted by Gasteiger charge is -2.46. The normalized spacial score (nSPS) is 19.2. The molecule has 0 amide bonds. The molecule has 0 saturated heterocycles. The van der Waals surface area contributed by atoms with Crippen LogP contribution in [0.2, 0.25) is 0 Å². The van der Waals surface area contributed by atoms with Crippen LogP contribution in [0.4, 0.5) is 0 Å². The van der Waals surface area contributed by atoms with Crippen molar-refractivity contribution in [2.45, 2.75) is 156 Å². The van der Waals surface area contributed by atoms with Crippen molar-refractivity contribution in [3.8, 4) is 0 Å². The van der Waals surface area contributed by atoms with Crippen LogP contribution in [0.25, 0.3) is 0 Å². The van der Waals surface area contributed by atoms with E-state index in [9.17, 15) is 0 Å². The molecule has 0 aromatic heterocycles. The van der Waals surface area contributed by atoms with Crippen molar-refractivity contribution in [1.82, 2.24) is 0 Å². The Morgan fingerprint density at radius 3 is 1.11 bits per heavy atom. The molecular formula is C32H63P3. The predicted octanol–water partition coefficient (Wildman–Crippen LogP) is 11.7. The molecule has 3 heteroatoms. The summed E-state index contributed by atoms with van der Waals surface area (Å²) in [6.07, 6.45) is 9.16. The zero-order valence-corrected chi connectivity index (χ0v) is 29.9. The Morgan fingerprint density at radius 1 is 0.486 bits per heavy atom. The van der Waals surface area contributed by atoms with Crippen molar-refractivity contribution in [3.63, 3.8) is 0 Å². The molecule has 1 rings (SSSR count). The van der Waals surface area contributed by atoms with Gasteiger partial charge >= 0.3 is 0 Å². The molecule has 206 valence electrons. The van der Waals surface area contributed by atoms with Crippen LogP contribution in [-0.4, -0.2) is 49.4 Å². The van der Waals surface area contributed by atoms with Crippen LogP contribution in [0.3, 0.4) is 0 Å². The third-order valence-electron chi connectivity index (χ3n) is 7.28. The molecular weight excluding hydrogens is 477 g/mol.